The molecule has 2 aromatic heterocycles. The second kappa shape index (κ2) is 5.20. The summed E-state index contributed by atoms with van der Waals surface area (Å²) in [6, 6.07) is 0. The quantitative estimate of drug-likeness (QED) is 0.395. The summed E-state index contributed by atoms with van der Waals surface area (Å²) in [4.78, 5) is 33.7. The first kappa shape index (κ1) is 15.9. The highest BCUT2D eigenvalue weighted by Gasteiger charge is 2.53. The van der Waals surface area contributed by atoms with Gasteiger partial charge in [0.25, 0.3) is 0 Å². The lowest BCUT2D eigenvalue weighted by Gasteiger charge is -2.28. The van der Waals surface area contributed by atoms with Crippen LogP contribution in [0.1, 0.15) is 13.2 Å². The van der Waals surface area contributed by atoms with E-state index in [0.29, 0.717) is 5.39 Å². The highest BCUT2D eigenvalue weighted by Crippen LogP contribution is 2.43. The molecule has 2 aliphatic rings. The van der Waals surface area contributed by atoms with Gasteiger partial charge in [-0.15, -0.1) is 0 Å². The summed E-state index contributed by atoms with van der Waals surface area (Å²) in [5, 5.41) is 33.2. The smallest absolute Gasteiger partial charge is 0.337 e. The minimum Gasteiger partial charge on any atom is -0.394 e. The lowest BCUT2D eigenvalue weighted by atomic mass is 9.96. The Labute approximate surface area is 139 Å². The van der Waals surface area contributed by atoms with Crippen molar-refractivity contribution in [2.24, 2.45) is 4.99 Å². The molecule has 4 rings (SSSR count). The summed E-state index contributed by atoms with van der Waals surface area (Å²) in [6.07, 6.45) is -0.664. The van der Waals surface area contributed by atoms with E-state index in [4.69, 9.17) is 4.74 Å². The number of aromatic nitrogens is 3. The van der Waals surface area contributed by atoms with E-state index in [1.54, 1.807) is 0 Å². The largest absolute Gasteiger partial charge is 0.394 e. The first-order chi connectivity index (χ1) is 11.8. The van der Waals surface area contributed by atoms with Gasteiger partial charge in [-0.3, -0.25) is 9.59 Å². The van der Waals surface area contributed by atoms with E-state index in [1.807, 2.05) is 0 Å². The Morgan fingerprint density at radius 3 is 2.88 bits per heavy atom. The number of aromatic amines is 1. The van der Waals surface area contributed by atoms with Crippen LogP contribution >= 0.6 is 0 Å². The molecular formula is C14H15N5O6. The molecular weight excluding hydrogens is 334 g/mol. The summed E-state index contributed by atoms with van der Waals surface area (Å²) < 4.78 is 7.01. The average molecular weight is 349 g/mol. The Balaban J connectivity index is 1.98. The van der Waals surface area contributed by atoms with Gasteiger partial charge in [0.2, 0.25) is 0 Å². The number of hydrogen-bond acceptors (Lipinski definition) is 9. The maximum atomic E-state index is 11.8. The van der Waals surface area contributed by atoms with Crippen molar-refractivity contribution in [3.63, 3.8) is 0 Å². The third-order valence-corrected chi connectivity index (χ3v) is 4.47. The van der Waals surface area contributed by atoms with E-state index >= 15 is 0 Å². The van der Waals surface area contributed by atoms with E-state index in [1.165, 1.54) is 24.0 Å². The molecule has 1 unspecified atom stereocenters. The zero-order valence-corrected chi connectivity index (χ0v) is 13.0. The summed E-state index contributed by atoms with van der Waals surface area (Å²) in [5.74, 6) is 0.414. The molecule has 11 heteroatoms. The van der Waals surface area contributed by atoms with Gasteiger partial charge in [0.1, 0.15) is 29.4 Å². The molecule has 0 spiro atoms. The minimum atomic E-state index is -1.72. The normalized spacial score (nSPS) is 30.6. The van der Waals surface area contributed by atoms with Crippen molar-refractivity contribution in [3.8, 4) is 0 Å². The van der Waals surface area contributed by atoms with E-state index in [9.17, 15) is 24.9 Å². The fourth-order valence-electron chi connectivity index (χ4n) is 3.19. The number of nitrogens with zero attached hydrogens (tertiary/aromatic N) is 3. The van der Waals surface area contributed by atoms with Crippen LogP contribution < -0.4 is 16.4 Å². The number of ether oxygens (including phenoxy) is 1. The Bertz CT molecular complexity index is 1010. The van der Waals surface area contributed by atoms with Gasteiger partial charge in [0, 0.05) is 6.20 Å². The van der Waals surface area contributed by atoms with Gasteiger partial charge in [-0.1, -0.05) is 0 Å². The van der Waals surface area contributed by atoms with Crippen LogP contribution in [0.3, 0.4) is 0 Å². The molecule has 0 aromatic carbocycles. The van der Waals surface area contributed by atoms with Crippen molar-refractivity contribution in [1.29, 1.82) is 0 Å². The maximum absolute atomic E-state index is 11.8. The standard InChI is InChI=1S/C14H15N5O6/c1-14(24)8(21)6(3-20)25-13(14)19-2-5-7-9(15-4-16-10(7)19)18-12(23)11(22)17-5/h2,4,6,8,13,20-21,24H,3H2,1H3,(H,17,22)(H,15,16,18,23)/t6-,8-,13?,14-/m1/s1. The van der Waals surface area contributed by atoms with Gasteiger partial charge >= 0.3 is 11.1 Å². The van der Waals surface area contributed by atoms with Crippen molar-refractivity contribution in [1.82, 2.24) is 14.5 Å². The molecule has 4 atom stereocenters. The number of hydrogen-bond donors (Lipinski definition) is 5. The predicted octanol–water partition coefficient (Wildman–Crippen LogP) is -1.83. The van der Waals surface area contributed by atoms with E-state index in [2.05, 4.69) is 20.3 Å². The Hall–Kier alpha value is -2.60. The monoisotopic (exact) mass is 349 g/mol. The van der Waals surface area contributed by atoms with Gasteiger partial charge in [-0.2, -0.15) is 4.98 Å². The van der Waals surface area contributed by atoms with Crippen LogP contribution in [0.15, 0.2) is 20.8 Å². The Kier molecular flexibility index (Phi) is 3.30. The van der Waals surface area contributed by atoms with Crippen LogP contribution in [0.4, 0.5) is 11.6 Å². The van der Waals surface area contributed by atoms with E-state index in [-0.39, 0.29) is 17.2 Å². The highest BCUT2D eigenvalue weighted by atomic mass is 16.6. The number of H-pyrrole nitrogens is 1. The SMILES string of the molecule is C[C@]1(O)C(n2cc3[nH]c(=O)c(=O)nc4c3c2N=CN4)O[C@H](CO)[C@H]1O. The molecule has 0 bridgehead atoms. The van der Waals surface area contributed by atoms with Gasteiger partial charge in [0.15, 0.2) is 6.23 Å². The molecule has 2 aromatic rings. The number of anilines is 1. The van der Waals surface area contributed by atoms with E-state index in [0.717, 1.165) is 0 Å². The molecule has 11 nitrogen and oxygen atoms in total. The lowest BCUT2D eigenvalue weighted by molar-refractivity contribution is -0.0955. The van der Waals surface area contributed by atoms with Gasteiger partial charge < -0.3 is 34.9 Å². The van der Waals surface area contributed by atoms with Crippen molar-refractivity contribution in [3.05, 3.63) is 26.9 Å². The van der Waals surface area contributed by atoms with Crippen LogP contribution in [0.25, 0.3) is 10.9 Å². The van der Waals surface area contributed by atoms with Gasteiger partial charge in [-0.25, -0.2) is 4.99 Å². The zero-order chi connectivity index (χ0) is 17.9. The number of aliphatic imine (C=N–C) groups is 1. The molecule has 2 aliphatic heterocycles. The molecule has 0 aliphatic carbocycles. The fourth-order valence-corrected chi connectivity index (χ4v) is 3.19. The van der Waals surface area contributed by atoms with Crippen LogP contribution in [-0.2, 0) is 4.74 Å². The average Bonchev–Trinajstić information content (AvgIpc) is 2.99. The van der Waals surface area contributed by atoms with E-state index < -0.39 is 41.8 Å². The molecule has 5 N–H and O–H groups in total. The molecule has 1 saturated heterocycles. The Morgan fingerprint density at radius 2 is 2.20 bits per heavy atom. The first-order valence-corrected chi connectivity index (χ1v) is 7.49. The van der Waals surface area contributed by atoms with Crippen molar-refractivity contribution < 1.29 is 20.1 Å². The first-order valence-electron chi connectivity index (χ1n) is 7.49. The lowest BCUT2D eigenvalue weighted by Crippen LogP contribution is -2.44. The van der Waals surface area contributed by atoms with Gasteiger partial charge in [0.05, 0.1) is 23.8 Å². The predicted molar refractivity (Wildman–Crippen MR) is 86.0 cm³/mol. The molecule has 0 radical (unpaired) electrons. The second-order valence-electron chi connectivity index (χ2n) is 6.15. The molecule has 4 heterocycles. The topological polar surface area (TPSA) is 162 Å². The molecule has 0 amide bonds. The molecule has 25 heavy (non-hydrogen) atoms. The van der Waals surface area contributed by atoms with Crippen molar-refractivity contribution in [2.75, 3.05) is 11.9 Å². The zero-order valence-electron chi connectivity index (χ0n) is 13.0. The number of aliphatic hydroxyl groups excluding tert-OH is 2. The van der Waals surface area contributed by atoms with Crippen molar-refractivity contribution >= 4 is 28.9 Å². The van der Waals surface area contributed by atoms with Crippen molar-refractivity contribution in [2.45, 2.75) is 31.0 Å². The van der Waals surface area contributed by atoms with Gasteiger partial charge in [-0.05, 0) is 6.92 Å². The minimum absolute atomic E-state index is 0.138. The summed E-state index contributed by atoms with van der Waals surface area (Å²) in [5.41, 5.74) is -3.32. The second-order valence-corrected chi connectivity index (χ2v) is 6.15. The molecule has 132 valence electrons. The number of rotatable bonds is 2. The number of aliphatic hydroxyl groups is 3. The number of nitrogens with one attached hydrogen (secondary N) is 2. The summed E-state index contributed by atoms with van der Waals surface area (Å²) >= 11 is 0. The summed E-state index contributed by atoms with van der Waals surface area (Å²) in [7, 11) is 0. The molecule has 0 saturated carbocycles. The van der Waals surface area contributed by atoms with Crippen LogP contribution in [0.2, 0.25) is 0 Å². The third-order valence-electron chi connectivity index (χ3n) is 4.47. The summed E-state index contributed by atoms with van der Waals surface area (Å²) in [6.45, 7) is 0.894. The molecule has 1 fully saturated rings. The fraction of sp³-hybridized carbons (Fsp3) is 0.429. The Morgan fingerprint density at radius 1 is 1.44 bits per heavy atom. The highest BCUT2D eigenvalue weighted by molar-refractivity contribution is 6.04. The van der Waals surface area contributed by atoms with Crippen LogP contribution in [-0.4, -0.2) is 60.6 Å². The maximum Gasteiger partial charge on any atom is 0.337 e. The van der Waals surface area contributed by atoms with Crippen LogP contribution in [0.5, 0.6) is 0 Å². The third kappa shape index (κ3) is 2.14. The van der Waals surface area contributed by atoms with Crippen LogP contribution in [0, 0.1) is 0 Å².